The quantitative estimate of drug-likeness (QED) is 0.840. The van der Waals surface area contributed by atoms with Gasteiger partial charge in [0.1, 0.15) is 0 Å². The fourth-order valence-electron chi connectivity index (χ4n) is 2.55. The molecule has 1 nitrogen and oxygen atoms in total. The largest absolute Gasteiger partial charge is 0.310 e. The third-order valence-electron chi connectivity index (χ3n) is 3.72. The molecule has 0 spiro atoms. The molecule has 0 bridgehead atoms. The summed E-state index contributed by atoms with van der Waals surface area (Å²) in [6.45, 7) is 3.15. The number of rotatable bonds is 4. The SMILES string of the molecule is C[C@@H](NCc1ccc(Cl)c(Cl)c1)C1CCCC1. The molecule has 0 heterocycles. The minimum absolute atomic E-state index is 0.590. The molecule has 17 heavy (non-hydrogen) atoms. The van der Waals surface area contributed by atoms with Gasteiger partial charge in [0.05, 0.1) is 10.0 Å². The van der Waals surface area contributed by atoms with Gasteiger partial charge in [0.15, 0.2) is 0 Å². The van der Waals surface area contributed by atoms with Crippen LogP contribution in [0.3, 0.4) is 0 Å². The lowest BCUT2D eigenvalue weighted by molar-refractivity contribution is 0.380. The first-order valence-electron chi connectivity index (χ1n) is 6.34. The van der Waals surface area contributed by atoms with Crippen LogP contribution in [0.2, 0.25) is 10.0 Å². The van der Waals surface area contributed by atoms with Gasteiger partial charge in [-0.15, -0.1) is 0 Å². The second kappa shape index (κ2) is 6.08. The maximum Gasteiger partial charge on any atom is 0.0595 e. The fraction of sp³-hybridized carbons (Fsp3) is 0.571. The van der Waals surface area contributed by atoms with Gasteiger partial charge in [0.25, 0.3) is 0 Å². The summed E-state index contributed by atoms with van der Waals surface area (Å²) in [4.78, 5) is 0. The van der Waals surface area contributed by atoms with E-state index in [0.717, 1.165) is 12.5 Å². The van der Waals surface area contributed by atoms with Crippen LogP contribution in [-0.2, 0) is 6.54 Å². The summed E-state index contributed by atoms with van der Waals surface area (Å²) < 4.78 is 0. The molecule has 2 rings (SSSR count). The average molecular weight is 272 g/mol. The Morgan fingerprint density at radius 2 is 1.94 bits per heavy atom. The van der Waals surface area contributed by atoms with E-state index in [1.54, 1.807) is 0 Å². The highest BCUT2D eigenvalue weighted by Gasteiger charge is 2.20. The molecule has 0 amide bonds. The zero-order valence-corrected chi connectivity index (χ0v) is 11.7. The van der Waals surface area contributed by atoms with Crippen molar-refractivity contribution in [1.29, 1.82) is 0 Å². The molecule has 0 saturated heterocycles. The Hall–Kier alpha value is -0.240. The minimum atomic E-state index is 0.590. The molecule has 0 unspecified atom stereocenters. The van der Waals surface area contributed by atoms with E-state index in [9.17, 15) is 0 Å². The van der Waals surface area contributed by atoms with Crippen molar-refractivity contribution in [3.63, 3.8) is 0 Å². The van der Waals surface area contributed by atoms with Crippen molar-refractivity contribution in [3.05, 3.63) is 33.8 Å². The molecular weight excluding hydrogens is 253 g/mol. The second-order valence-electron chi connectivity index (χ2n) is 4.96. The lowest BCUT2D eigenvalue weighted by Gasteiger charge is -2.20. The highest BCUT2D eigenvalue weighted by molar-refractivity contribution is 6.42. The highest BCUT2D eigenvalue weighted by Crippen LogP contribution is 2.28. The Labute approximate surface area is 114 Å². The number of benzene rings is 1. The topological polar surface area (TPSA) is 12.0 Å². The Kier molecular flexibility index (Phi) is 4.72. The molecule has 0 radical (unpaired) electrons. The van der Waals surface area contributed by atoms with Crippen LogP contribution < -0.4 is 5.32 Å². The van der Waals surface area contributed by atoms with Crippen molar-refractivity contribution in [2.24, 2.45) is 5.92 Å². The molecule has 1 saturated carbocycles. The third kappa shape index (κ3) is 3.61. The Balaban J connectivity index is 1.86. The summed E-state index contributed by atoms with van der Waals surface area (Å²) >= 11 is 11.9. The Bertz CT molecular complexity index is 372. The van der Waals surface area contributed by atoms with E-state index >= 15 is 0 Å². The van der Waals surface area contributed by atoms with E-state index in [1.807, 2.05) is 18.2 Å². The van der Waals surface area contributed by atoms with Crippen molar-refractivity contribution < 1.29 is 0 Å². The van der Waals surface area contributed by atoms with Gasteiger partial charge in [-0.05, 0) is 43.4 Å². The van der Waals surface area contributed by atoms with Gasteiger partial charge in [-0.3, -0.25) is 0 Å². The normalized spacial score (nSPS) is 18.5. The van der Waals surface area contributed by atoms with Crippen LogP contribution in [0, 0.1) is 5.92 Å². The molecule has 1 aromatic rings. The molecule has 1 aliphatic carbocycles. The first-order valence-corrected chi connectivity index (χ1v) is 7.09. The molecule has 0 aliphatic heterocycles. The molecule has 1 atom stereocenters. The molecule has 1 N–H and O–H groups in total. The van der Waals surface area contributed by atoms with Crippen LogP contribution in [0.1, 0.15) is 38.2 Å². The number of hydrogen-bond donors (Lipinski definition) is 1. The standard InChI is InChI=1S/C14H19Cl2N/c1-10(12-4-2-3-5-12)17-9-11-6-7-13(15)14(16)8-11/h6-8,10,12,17H,2-5,9H2,1H3/t10-/m1/s1. The predicted molar refractivity (Wildman–Crippen MR) is 74.7 cm³/mol. The first kappa shape index (κ1) is 13.2. The molecule has 3 heteroatoms. The Morgan fingerprint density at radius 1 is 1.24 bits per heavy atom. The van der Waals surface area contributed by atoms with Gasteiger partial charge >= 0.3 is 0 Å². The van der Waals surface area contributed by atoms with Gasteiger partial charge in [0.2, 0.25) is 0 Å². The summed E-state index contributed by atoms with van der Waals surface area (Å²) in [6.07, 6.45) is 5.53. The zero-order valence-electron chi connectivity index (χ0n) is 10.2. The van der Waals surface area contributed by atoms with Crippen LogP contribution in [0.15, 0.2) is 18.2 Å². The van der Waals surface area contributed by atoms with Gasteiger partial charge in [0, 0.05) is 12.6 Å². The van der Waals surface area contributed by atoms with E-state index < -0.39 is 0 Å². The Morgan fingerprint density at radius 3 is 2.59 bits per heavy atom. The molecule has 94 valence electrons. The number of nitrogens with one attached hydrogen (secondary N) is 1. The molecule has 0 aromatic heterocycles. The molecule has 1 aromatic carbocycles. The molecule has 1 aliphatic rings. The van der Waals surface area contributed by atoms with Crippen LogP contribution >= 0.6 is 23.2 Å². The van der Waals surface area contributed by atoms with Crippen molar-refractivity contribution in [2.45, 2.75) is 45.2 Å². The van der Waals surface area contributed by atoms with Crippen LogP contribution in [-0.4, -0.2) is 6.04 Å². The molecular formula is C14H19Cl2N. The first-order chi connectivity index (χ1) is 8.16. The second-order valence-corrected chi connectivity index (χ2v) is 5.78. The summed E-state index contributed by atoms with van der Waals surface area (Å²) in [7, 11) is 0. The molecule has 1 fully saturated rings. The van der Waals surface area contributed by atoms with Gasteiger partial charge in [-0.1, -0.05) is 42.1 Å². The smallest absolute Gasteiger partial charge is 0.0595 e. The van der Waals surface area contributed by atoms with Crippen molar-refractivity contribution in [3.8, 4) is 0 Å². The van der Waals surface area contributed by atoms with Gasteiger partial charge in [-0.25, -0.2) is 0 Å². The lowest BCUT2D eigenvalue weighted by Crippen LogP contribution is -2.31. The van der Waals surface area contributed by atoms with E-state index in [2.05, 4.69) is 12.2 Å². The van der Waals surface area contributed by atoms with E-state index in [0.29, 0.717) is 16.1 Å². The van der Waals surface area contributed by atoms with Crippen LogP contribution in [0.25, 0.3) is 0 Å². The summed E-state index contributed by atoms with van der Waals surface area (Å²) in [5.74, 6) is 0.845. The van der Waals surface area contributed by atoms with Crippen molar-refractivity contribution in [2.75, 3.05) is 0 Å². The maximum atomic E-state index is 6.00. The zero-order chi connectivity index (χ0) is 12.3. The third-order valence-corrected chi connectivity index (χ3v) is 4.46. The van der Waals surface area contributed by atoms with Gasteiger partial charge in [-0.2, -0.15) is 0 Å². The number of halogens is 2. The predicted octanol–water partition coefficient (Wildman–Crippen LogP) is 4.66. The summed E-state index contributed by atoms with van der Waals surface area (Å²) in [5.41, 5.74) is 1.20. The van der Waals surface area contributed by atoms with Gasteiger partial charge < -0.3 is 5.32 Å². The van der Waals surface area contributed by atoms with E-state index in [1.165, 1.54) is 31.2 Å². The summed E-state index contributed by atoms with van der Waals surface area (Å²) in [5, 5.41) is 4.85. The monoisotopic (exact) mass is 271 g/mol. The lowest BCUT2D eigenvalue weighted by atomic mass is 9.99. The van der Waals surface area contributed by atoms with Crippen LogP contribution in [0.5, 0.6) is 0 Å². The van der Waals surface area contributed by atoms with E-state index in [4.69, 9.17) is 23.2 Å². The summed E-state index contributed by atoms with van der Waals surface area (Å²) in [6, 6.07) is 6.43. The van der Waals surface area contributed by atoms with Crippen molar-refractivity contribution in [1.82, 2.24) is 5.32 Å². The highest BCUT2D eigenvalue weighted by atomic mass is 35.5. The average Bonchev–Trinajstić information content (AvgIpc) is 2.84. The maximum absolute atomic E-state index is 6.00. The van der Waals surface area contributed by atoms with Crippen molar-refractivity contribution >= 4 is 23.2 Å². The number of hydrogen-bond acceptors (Lipinski definition) is 1. The van der Waals surface area contributed by atoms with E-state index in [-0.39, 0.29) is 0 Å². The van der Waals surface area contributed by atoms with Crippen LogP contribution in [0.4, 0.5) is 0 Å². The fourth-order valence-corrected chi connectivity index (χ4v) is 2.87. The minimum Gasteiger partial charge on any atom is -0.310 e.